The predicted molar refractivity (Wildman–Crippen MR) is 106 cm³/mol. The summed E-state index contributed by atoms with van der Waals surface area (Å²) < 4.78 is 26.5. The molecular formula is C19H19BrClNO3S. The number of benzene rings is 2. The maximum atomic E-state index is 12.7. The third-order valence-electron chi connectivity index (χ3n) is 4.62. The van der Waals surface area contributed by atoms with Crippen LogP contribution in [0.3, 0.4) is 0 Å². The van der Waals surface area contributed by atoms with Crippen LogP contribution in [0.15, 0.2) is 57.9 Å². The molecule has 1 amide bonds. The summed E-state index contributed by atoms with van der Waals surface area (Å²) in [6.07, 6.45) is 1.50. The van der Waals surface area contributed by atoms with E-state index in [0.29, 0.717) is 30.8 Å². The van der Waals surface area contributed by atoms with E-state index in [0.717, 1.165) is 10.0 Å². The molecular weight excluding hydrogens is 438 g/mol. The molecule has 1 aliphatic rings. The van der Waals surface area contributed by atoms with Crippen LogP contribution in [0.4, 0.5) is 0 Å². The zero-order valence-corrected chi connectivity index (χ0v) is 17.2. The normalized spacial score (nSPS) is 17.5. The summed E-state index contributed by atoms with van der Waals surface area (Å²) in [6.45, 7) is 0.737. The summed E-state index contributed by atoms with van der Waals surface area (Å²) >= 11 is 9.22. The molecule has 0 spiro atoms. The van der Waals surface area contributed by atoms with Crippen molar-refractivity contribution >= 4 is 43.3 Å². The molecule has 138 valence electrons. The van der Waals surface area contributed by atoms with Crippen molar-refractivity contribution in [2.45, 2.75) is 29.4 Å². The fourth-order valence-corrected chi connectivity index (χ4v) is 5.17. The van der Waals surface area contributed by atoms with Crippen LogP contribution in [0.25, 0.3) is 0 Å². The predicted octanol–water partition coefficient (Wildman–Crippen LogP) is 4.11. The van der Waals surface area contributed by atoms with Gasteiger partial charge in [0.25, 0.3) is 0 Å². The molecule has 1 unspecified atom stereocenters. The summed E-state index contributed by atoms with van der Waals surface area (Å²) in [7, 11) is -3.45. The van der Waals surface area contributed by atoms with E-state index >= 15 is 0 Å². The van der Waals surface area contributed by atoms with E-state index in [1.807, 2.05) is 24.3 Å². The van der Waals surface area contributed by atoms with Gasteiger partial charge < -0.3 is 4.90 Å². The van der Waals surface area contributed by atoms with Gasteiger partial charge in [-0.15, -0.1) is 0 Å². The quantitative estimate of drug-likeness (QED) is 0.680. The van der Waals surface area contributed by atoms with E-state index in [1.165, 1.54) is 12.1 Å². The Balaban J connectivity index is 1.59. The van der Waals surface area contributed by atoms with Gasteiger partial charge in [0, 0.05) is 29.0 Å². The average molecular weight is 457 g/mol. The van der Waals surface area contributed by atoms with Gasteiger partial charge in [0.15, 0.2) is 9.84 Å². The van der Waals surface area contributed by atoms with Crippen LogP contribution in [0, 0.1) is 0 Å². The average Bonchev–Trinajstić information content (AvgIpc) is 3.12. The summed E-state index contributed by atoms with van der Waals surface area (Å²) in [4.78, 5) is 14.4. The number of likely N-dealkylation sites (tertiary alicyclic amines) is 1. The molecule has 2 aromatic carbocycles. The van der Waals surface area contributed by atoms with Crippen molar-refractivity contribution < 1.29 is 13.2 Å². The second kappa shape index (κ2) is 8.11. The van der Waals surface area contributed by atoms with Crippen LogP contribution in [-0.4, -0.2) is 37.6 Å². The molecule has 26 heavy (non-hydrogen) atoms. The van der Waals surface area contributed by atoms with E-state index in [4.69, 9.17) is 11.6 Å². The number of carbonyl (C=O) groups is 1. The number of hydrogen-bond donors (Lipinski definition) is 0. The smallest absolute Gasteiger partial charge is 0.222 e. The van der Waals surface area contributed by atoms with Gasteiger partial charge in [-0.05, 0) is 54.8 Å². The summed E-state index contributed by atoms with van der Waals surface area (Å²) in [5, 5.41) is -0.0552. The molecule has 1 atom stereocenters. The highest BCUT2D eigenvalue weighted by Gasteiger charge is 2.35. The van der Waals surface area contributed by atoms with Crippen LogP contribution >= 0.6 is 27.5 Å². The molecule has 0 saturated carbocycles. The standard InChI is InChI=1S/C19H19BrClNO3S/c20-15-4-1-14(2-5-15)3-10-19(23)22-12-11-18(13-22)26(24,25)17-8-6-16(21)7-9-17/h1-2,4-9,18H,3,10-13H2. The lowest BCUT2D eigenvalue weighted by Gasteiger charge is -2.17. The third kappa shape index (κ3) is 4.48. The first-order valence-corrected chi connectivity index (χ1v) is 11.1. The molecule has 3 rings (SSSR count). The molecule has 0 aliphatic carbocycles. The van der Waals surface area contributed by atoms with E-state index in [1.54, 1.807) is 17.0 Å². The molecule has 1 saturated heterocycles. The number of hydrogen-bond acceptors (Lipinski definition) is 3. The Morgan fingerprint density at radius 1 is 1.12 bits per heavy atom. The van der Waals surface area contributed by atoms with Crippen LogP contribution < -0.4 is 0 Å². The minimum Gasteiger partial charge on any atom is -0.341 e. The number of rotatable bonds is 5. The van der Waals surface area contributed by atoms with Gasteiger partial charge in [0.2, 0.25) is 5.91 Å². The lowest BCUT2D eigenvalue weighted by Crippen LogP contribution is -2.32. The van der Waals surface area contributed by atoms with Crippen molar-refractivity contribution in [2.24, 2.45) is 0 Å². The number of nitrogens with zero attached hydrogens (tertiary/aromatic N) is 1. The third-order valence-corrected chi connectivity index (χ3v) is 7.59. The van der Waals surface area contributed by atoms with Gasteiger partial charge in [-0.25, -0.2) is 8.42 Å². The Hall–Kier alpha value is -1.37. The van der Waals surface area contributed by atoms with Crippen molar-refractivity contribution in [3.8, 4) is 0 Å². The van der Waals surface area contributed by atoms with Gasteiger partial charge >= 0.3 is 0 Å². The van der Waals surface area contributed by atoms with Gasteiger partial charge in [-0.3, -0.25) is 4.79 Å². The second-order valence-electron chi connectivity index (χ2n) is 6.38. The van der Waals surface area contributed by atoms with Crippen molar-refractivity contribution in [3.05, 3.63) is 63.6 Å². The summed E-state index contributed by atoms with van der Waals surface area (Å²) in [5.74, 6) is 0.00160. The second-order valence-corrected chi connectivity index (χ2v) is 9.96. The molecule has 1 fully saturated rings. The SMILES string of the molecule is O=C(CCc1ccc(Br)cc1)N1CCC(S(=O)(=O)c2ccc(Cl)cc2)C1. The van der Waals surface area contributed by atoms with Gasteiger partial charge in [0.1, 0.15) is 0 Å². The van der Waals surface area contributed by atoms with Crippen molar-refractivity contribution in [2.75, 3.05) is 13.1 Å². The molecule has 1 aliphatic heterocycles. The Labute approximate surface area is 167 Å². The van der Waals surface area contributed by atoms with Crippen LogP contribution in [0.5, 0.6) is 0 Å². The number of carbonyl (C=O) groups excluding carboxylic acids is 1. The monoisotopic (exact) mass is 455 g/mol. The van der Waals surface area contributed by atoms with Gasteiger partial charge in [-0.1, -0.05) is 39.7 Å². The van der Waals surface area contributed by atoms with Crippen LogP contribution in [0.2, 0.25) is 5.02 Å². The Morgan fingerprint density at radius 3 is 2.42 bits per heavy atom. The summed E-state index contributed by atoms with van der Waals surface area (Å²) in [6, 6.07) is 14.1. The molecule has 1 heterocycles. The first-order valence-electron chi connectivity index (χ1n) is 8.38. The zero-order valence-electron chi connectivity index (χ0n) is 14.1. The first kappa shape index (κ1) is 19.4. The molecule has 0 bridgehead atoms. The number of halogens is 2. The zero-order chi connectivity index (χ0) is 18.7. The molecule has 2 aromatic rings. The van der Waals surface area contributed by atoms with Gasteiger partial charge in [0.05, 0.1) is 10.1 Å². The maximum absolute atomic E-state index is 12.7. The Morgan fingerprint density at radius 2 is 1.77 bits per heavy atom. The Bertz CT molecular complexity index is 882. The van der Waals surface area contributed by atoms with Crippen molar-refractivity contribution in [1.29, 1.82) is 0 Å². The van der Waals surface area contributed by atoms with E-state index < -0.39 is 15.1 Å². The lowest BCUT2D eigenvalue weighted by molar-refractivity contribution is -0.130. The van der Waals surface area contributed by atoms with Crippen LogP contribution in [-0.2, 0) is 21.1 Å². The fraction of sp³-hybridized carbons (Fsp3) is 0.316. The fourth-order valence-electron chi connectivity index (χ4n) is 3.09. The van der Waals surface area contributed by atoms with Crippen LogP contribution in [0.1, 0.15) is 18.4 Å². The van der Waals surface area contributed by atoms with E-state index in [9.17, 15) is 13.2 Å². The topological polar surface area (TPSA) is 54.5 Å². The highest BCUT2D eigenvalue weighted by atomic mass is 79.9. The van der Waals surface area contributed by atoms with Crippen molar-refractivity contribution in [3.63, 3.8) is 0 Å². The molecule has 7 heteroatoms. The molecule has 0 radical (unpaired) electrons. The summed E-state index contributed by atoms with van der Waals surface area (Å²) in [5.41, 5.74) is 1.09. The largest absolute Gasteiger partial charge is 0.341 e. The van der Waals surface area contributed by atoms with E-state index in [-0.39, 0.29) is 17.3 Å². The lowest BCUT2D eigenvalue weighted by atomic mass is 10.1. The minimum absolute atomic E-state index is 0.00160. The number of aryl methyl sites for hydroxylation is 1. The highest BCUT2D eigenvalue weighted by molar-refractivity contribution is 9.10. The molecule has 0 aromatic heterocycles. The van der Waals surface area contributed by atoms with E-state index in [2.05, 4.69) is 15.9 Å². The first-order chi connectivity index (χ1) is 12.4. The highest BCUT2D eigenvalue weighted by Crippen LogP contribution is 2.25. The van der Waals surface area contributed by atoms with Gasteiger partial charge in [-0.2, -0.15) is 0 Å². The minimum atomic E-state index is -3.45. The molecule has 0 N–H and O–H groups in total. The maximum Gasteiger partial charge on any atom is 0.222 e. The van der Waals surface area contributed by atoms with Crippen molar-refractivity contribution in [1.82, 2.24) is 4.90 Å². The molecule has 4 nitrogen and oxygen atoms in total. The number of amides is 1. The Kier molecular flexibility index (Phi) is 6.05. The number of sulfone groups is 1.